The van der Waals surface area contributed by atoms with Gasteiger partial charge in [-0.25, -0.2) is 9.25 Å². The van der Waals surface area contributed by atoms with E-state index < -0.39 is 5.60 Å². The highest BCUT2D eigenvalue weighted by molar-refractivity contribution is 14.2. The molecule has 0 aromatic carbocycles. The maximum atomic E-state index is 12.2. The van der Waals surface area contributed by atoms with Crippen LogP contribution in [0, 0.1) is 0 Å². The molecule has 0 N–H and O–H groups in total. The van der Waals surface area contributed by atoms with Crippen molar-refractivity contribution in [2.75, 3.05) is 13.7 Å². The van der Waals surface area contributed by atoms with E-state index in [0.29, 0.717) is 25.3 Å². The monoisotopic (exact) mass is 469 g/mol. The summed E-state index contributed by atoms with van der Waals surface area (Å²) in [5.41, 5.74) is 0.773. The minimum atomic E-state index is -0.442. The van der Waals surface area contributed by atoms with Gasteiger partial charge in [-0.1, -0.05) is 0 Å². The van der Waals surface area contributed by atoms with Gasteiger partial charge in [0.1, 0.15) is 5.60 Å². The average Bonchev–Trinajstić information content (AvgIpc) is 3.11. The zero-order chi connectivity index (χ0) is 18.3. The van der Waals surface area contributed by atoms with Gasteiger partial charge in [-0.05, 0) is 61.7 Å². The van der Waals surface area contributed by atoms with Crippen LogP contribution in [0.5, 0.6) is 0 Å². The Bertz CT molecular complexity index is 547. The van der Waals surface area contributed by atoms with Gasteiger partial charge in [0.15, 0.2) is 0 Å². The molecule has 24 heavy (non-hydrogen) atoms. The van der Waals surface area contributed by atoms with Crippen molar-refractivity contribution in [1.82, 2.24) is 14.5 Å². The molecule has 0 aliphatic carbocycles. The topological polar surface area (TPSA) is 73.7 Å². The zero-order valence-electron chi connectivity index (χ0n) is 14.7. The molecular formula is C15H25IN3O4P. The molecule has 3 atom stereocenters. The number of hydrogen-bond acceptors (Lipinski definition) is 5. The van der Waals surface area contributed by atoms with Gasteiger partial charge in [0.2, 0.25) is 0 Å². The van der Waals surface area contributed by atoms with Crippen LogP contribution < -0.4 is 0 Å². The molecule has 9 heteroatoms. The average molecular weight is 469 g/mol. The summed E-state index contributed by atoms with van der Waals surface area (Å²) in [6.07, 6.45) is 5.37. The number of aromatic nitrogens is 2. The van der Waals surface area contributed by atoms with Crippen LogP contribution in [0.2, 0.25) is 0 Å². The number of carbonyl (C=O) groups excluding carboxylic acids is 2. The van der Waals surface area contributed by atoms with E-state index in [4.69, 9.17) is 9.53 Å². The fourth-order valence-electron chi connectivity index (χ4n) is 2.44. The number of carbonyl (C=O) groups is 2. The molecule has 0 bridgehead atoms. The number of likely N-dealkylation sites (tertiary alicyclic amines) is 1. The molecule has 1 aliphatic rings. The molecule has 1 aliphatic heterocycles. The van der Waals surface area contributed by atoms with Gasteiger partial charge < -0.3 is 14.4 Å². The lowest BCUT2D eigenvalue weighted by molar-refractivity contribution is -0.126. The quantitative estimate of drug-likeness (QED) is 0.385. The van der Waals surface area contributed by atoms with Crippen LogP contribution in [-0.2, 0) is 14.3 Å². The summed E-state index contributed by atoms with van der Waals surface area (Å²) in [7, 11) is 1.31. The number of rotatable bonds is 3. The van der Waals surface area contributed by atoms with Gasteiger partial charge in [-0.15, -0.1) is 0 Å². The van der Waals surface area contributed by atoms with E-state index in [1.54, 1.807) is 0 Å². The minimum Gasteiger partial charge on any atom is -0.471 e. The summed E-state index contributed by atoms with van der Waals surface area (Å²) < 4.78 is 11.3. The van der Waals surface area contributed by atoms with Crippen molar-refractivity contribution < 1.29 is 19.1 Å². The SMILES string of the molecule is CC1CC(c2cnn(PI)c2)CN1C(=O)OC(C)(C)C.COC=O. The fraction of sp³-hybridized carbons (Fsp3) is 0.667. The van der Waals surface area contributed by atoms with E-state index in [1.807, 2.05) is 36.3 Å². The Labute approximate surface area is 157 Å². The van der Waals surface area contributed by atoms with Crippen LogP contribution in [0.25, 0.3) is 0 Å². The first-order valence-corrected chi connectivity index (χ1v) is 11.6. The van der Waals surface area contributed by atoms with Crippen molar-refractivity contribution in [3.05, 3.63) is 18.0 Å². The fourth-order valence-corrected chi connectivity index (χ4v) is 3.53. The summed E-state index contributed by atoms with van der Waals surface area (Å²) in [4.78, 5) is 23.0. The lowest BCUT2D eigenvalue weighted by Crippen LogP contribution is -2.38. The third-order valence-corrected chi connectivity index (χ3v) is 5.36. The predicted molar refractivity (Wildman–Crippen MR) is 103 cm³/mol. The van der Waals surface area contributed by atoms with Crippen LogP contribution in [0.3, 0.4) is 0 Å². The highest BCUT2D eigenvalue weighted by Crippen LogP contribution is 2.34. The second kappa shape index (κ2) is 9.56. The molecule has 0 saturated carbocycles. The lowest BCUT2D eigenvalue weighted by Gasteiger charge is -2.27. The van der Waals surface area contributed by atoms with E-state index in [1.165, 1.54) is 12.7 Å². The third-order valence-electron chi connectivity index (χ3n) is 3.46. The molecule has 3 unspecified atom stereocenters. The molecule has 1 aromatic heterocycles. The van der Waals surface area contributed by atoms with E-state index in [2.05, 4.69) is 45.0 Å². The number of methoxy groups -OCH3 is 1. The molecule has 0 spiro atoms. The molecule has 1 saturated heterocycles. The normalized spacial score (nSPS) is 20.7. The lowest BCUT2D eigenvalue weighted by atomic mass is 10.0. The maximum absolute atomic E-state index is 12.2. The first-order valence-electron chi connectivity index (χ1n) is 7.59. The molecule has 2 rings (SSSR count). The standard InChI is InChI=1S/C13H21IN3O2P.C2H4O2/c1-9-5-10(11-6-15-17(8-11)20-14)7-16(9)12(18)19-13(2,3)4;1-4-2-3/h6,8-10,20H,5,7H2,1-4H3;2H,1H3. The number of hydrogen-bond donors (Lipinski definition) is 0. The van der Waals surface area contributed by atoms with E-state index >= 15 is 0 Å². The van der Waals surface area contributed by atoms with Crippen LogP contribution in [0.1, 0.15) is 45.6 Å². The van der Waals surface area contributed by atoms with Crippen molar-refractivity contribution in [3.63, 3.8) is 0 Å². The third kappa shape index (κ3) is 6.55. The number of ether oxygens (including phenoxy) is 2. The summed E-state index contributed by atoms with van der Waals surface area (Å²) in [6, 6.07) is 0.209. The van der Waals surface area contributed by atoms with E-state index in [-0.39, 0.29) is 12.1 Å². The molecular weight excluding hydrogens is 444 g/mol. The molecule has 7 nitrogen and oxygen atoms in total. The van der Waals surface area contributed by atoms with Crippen molar-refractivity contribution in [1.29, 1.82) is 0 Å². The molecule has 2 heterocycles. The van der Waals surface area contributed by atoms with Crippen molar-refractivity contribution in [2.24, 2.45) is 0 Å². The summed E-state index contributed by atoms with van der Waals surface area (Å²) in [5.74, 6) is 0.360. The second-order valence-corrected chi connectivity index (χ2v) is 8.62. The summed E-state index contributed by atoms with van der Waals surface area (Å²) in [6.45, 7) is 8.86. The van der Waals surface area contributed by atoms with Gasteiger partial charge in [0.05, 0.1) is 19.7 Å². The summed E-state index contributed by atoms with van der Waals surface area (Å²) in [5, 5.41) is 4.32. The van der Waals surface area contributed by atoms with Crippen molar-refractivity contribution in [3.8, 4) is 0 Å². The van der Waals surface area contributed by atoms with Crippen LogP contribution in [0.15, 0.2) is 12.4 Å². The van der Waals surface area contributed by atoms with E-state index in [9.17, 15) is 4.79 Å². The van der Waals surface area contributed by atoms with Crippen LogP contribution >= 0.6 is 28.4 Å². The molecule has 1 fully saturated rings. The number of amides is 1. The zero-order valence-corrected chi connectivity index (χ0v) is 17.8. The van der Waals surface area contributed by atoms with Crippen LogP contribution in [-0.4, -0.2) is 52.3 Å². The van der Waals surface area contributed by atoms with Crippen LogP contribution in [0.4, 0.5) is 4.79 Å². The Morgan fingerprint density at radius 3 is 2.58 bits per heavy atom. The highest BCUT2D eigenvalue weighted by atomic mass is 127. The molecule has 0 radical (unpaired) electrons. The molecule has 1 amide bonds. The van der Waals surface area contributed by atoms with Crippen molar-refractivity contribution >= 4 is 41.0 Å². The highest BCUT2D eigenvalue weighted by Gasteiger charge is 2.36. The Balaban J connectivity index is 0.000000648. The Morgan fingerprint density at radius 2 is 2.12 bits per heavy atom. The summed E-state index contributed by atoms with van der Waals surface area (Å²) >= 11 is 2.31. The van der Waals surface area contributed by atoms with Gasteiger partial charge in [-0.3, -0.25) is 4.79 Å². The molecule has 1 aromatic rings. The van der Waals surface area contributed by atoms with Gasteiger partial charge in [0, 0.05) is 24.7 Å². The first kappa shape index (κ1) is 21.2. The Kier molecular flexibility index (Phi) is 8.42. The maximum Gasteiger partial charge on any atom is 0.410 e. The van der Waals surface area contributed by atoms with E-state index in [0.717, 1.165) is 6.42 Å². The smallest absolute Gasteiger partial charge is 0.410 e. The van der Waals surface area contributed by atoms with Crippen molar-refractivity contribution in [2.45, 2.75) is 51.7 Å². The number of nitrogens with zero attached hydrogens (tertiary/aromatic N) is 3. The minimum absolute atomic E-state index is 0.209. The second-order valence-electron chi connectivity index (χ2n) is 6.55. The first-order chi connectivity index (χ1) is 11.2. The van der Waals surface area contributed by atoms with Gasteiger partial charge in [-0.2, -0.15) is 5.10 Å². The van der Waals surface area contributed by atoms with Gasteiger partial charge in [0.25, 0.3) is 6.47 Å². The predicted octanol–water partition coefficient (Wildman–Crippen LogP) is 3.58. The largest absolute Gasteiger partial charge is 0.471 e. The Hall–Kier alpha value is -0.890. The molecule has 136 valence electrons. The number of halogens is 1. The van der Waals surface area contributed by atoms with Gasteiger partial charge >= 0.3 is 6.09 Å². The Morgan fingerprint density at radius 1 is 1.50 bits per heavy atom.